The Bertz CT molecular complexity index is 1380. The fourth-order valence-electron chi connectivity index (χ4n) is 3.58. The van der Waals surface area contributed by atoms with Gasteiger partial charge in [-0.2, -0.15) is 14.3 Å². The molecular weight excluding hydrogens is 438 g/mol. The molecule has 4 aromatic rings. The van der Waals surface area contributed by atoms with Crippen molar-refractivity contribution < 1.29 is 18.9 Å². The fraction of sp³-hybridized carbons (Fsp3) is 0.250. The molecule has 0 amide bonds. The average Bonchev–Trinajstić information content (AvgIpc) is 3.20. The van der Waals surface area contributed by atoms with Gasteiger partial charge in [-0.1, -0.05) is 12.1 Å². The number of hydrogen-bond donors (Lipinski definition) is 0. The van der Waals surface area contributed by atoms with Crippen LogP contribution < -0.4 is 24.6 Å². The number of nitrogens with zero attached hydrogens (tertiary/aromatic N) is 5. The lowest BCUT2D eigenvalue weighted by Gasteiger charge is -2.16. The Morgan fingerprint density at radius 3 is 2.41 bits per heavy atom. The van der Waals surface area contributed by atoms with E-state index in [1.54, 1.807) is 34.4 Å². The first-order valence-corrected chi connectivity index (χ1v) is 10.4. The molecule has 2 aromatic heterocycles. The van der Waals surface area contributed by atoms with Gasteiger partial charge in [0.25, 0.3) is 0 Å². The van der Waals surface area contributed by atoms with E-state index >= 15 is 0 Å². The summed E-state index contributed by atoms with van der Waals surface area (Å²) >= 11 is 0. The van der Waals surface area contributed by atoms with E-state index in [1.807, 2.05) is 49.4 Å². The molecular formula is C24H25N5O5. The molecule has 0 fully saturated rings. The predicted molar refractivity (Wildman–Crippen MR) is 125 cm³/mol. The van der Waals surface area contributed by atoms with Crippen LogP contribution in [0.1, 0.15) is 11.1 Å². The molecule has 34 heavy (non-hydrogen) atoms. The number of pyridine rings is 1. The minimum atomic E-state index is -0.335. The van der Waals surface area contributed by atoms with Crippen molar-refractivity contribution in [2.75, 3.05) is 21.3 Å². The van der Waals surface area contributed by atoms with E-state index < -0.39 is 0 Å². The summed E-state index contributed by atoms with van der Waals surface area (Å²) in [6.07, 6.45) is 0. The van der Waals surface area contributed by atoms with Crippen molar-refractivity contribution in [1.82, 2.24) is 24.8 Å². The molecule has 2 aromatic carbocycles. The third kappa shape index (κ3) is 4.29. The number of hydrogen-bond acceptors (Lipinski definition) is 8. The molecule has 10 nitrogen and oxygen atoms in total. The number of aromatic nitrogens is 5. The Balaban J connectivity index is 1.69. The number of methoxy groups -OCH3 is 3. The third-order valence-corrected chi connectivity index (χ3v) is 5.42. The molecule has 0 saturated carbocycles. The minimum absolute atomic E-state index is 0.217. The van der Waals surface area contributed by atoms with Crippen LogP contribution >= 0.6 is 0 Å². The summed E-state index contributed by atoms with van der Waals surface area (Å²) in [5.41, 5.74) is 3.55. The van der Waals surface area contributed by atoms with Crippen molar-refractivity contribution in [2.45, 2.75) is 13.5 Å². The van der Waals surface area contributed by atoms with Crippen LogP contribution in [0, 0.1) is 6.92 Å². The number of benzene rings is 2. The smallest absolute Gasteiger partial charge is 0.368 e. The van der Waals surface area contributed by atoms with Gasteiger partial charge in [0.1, 0.15) is 18.1 Å². The molecule has 0 aliphatic heterocycles. The van der Waals surface area contributed by atoms with Crippen LogP contribution in [0.5, 0.6) is 23.3 Å². The van der Waals surface area contributed by atoms with E-state index in [4.69, 9.17) is 18.9 Å². The fourth-order valence-corrected chi connectivity index (χ4v) is 3.58. The summed E-state index contributed by atoms with van der Waals surface area (Å²) in [6, 6.07) is 14.7. The summed E-state index contributed by atoms with van der Waals surface area (Å²) in [6.45, 7) is 2.17. The Morgan fingerprint density at radius 2 is 1.74 bits per heavy atom. The van der Waals surface area contributed by atoms with E-state index in [-0.39, 0.29) is 12.3 Å². The van der Waals surface area contributed by atoms with Gasteiger partial charge in [-0.05, 0) is 53.2 Å². The zero-order valence-corrected chi connectivity index (χ0v) is 19.6. The Morgan fingerprint density at radius 1 is 0.912 bits per heavy atom. The predicted octanol–water partition coefficient (Wildman–Crippen LogP) is 2.94. The highest BCUT2D eigenvalue weighted by molar-refractivity contribution is 5.76. The lowest BCUT2D eigenvalue weighted by Crippen LogP contribution is -2.23. The molecule has 2 heterocycles. The zero-order chi connectivity index (χ0) is 24.2. The molecule has 4 rings (SSSR count). The second kappa shape index (κ2) is 9.65. The van der Waals surface area contributed by atoms with Gasteiger partial charge >= 0.3 is 5.69 Å². The lowest BCUT2D eigenvalue weighted by molar-refractivity contribution is 0.304. The zero-order valence-electron chi connectivity index (χ0n) is 19.6. The van der Waals surface area contributed by atoms with Gasteiger partial charge in [0, 0.05) is 29.8 Å². The van der Waals surface area contributed by atoms with E-state index in [1.165, 1.54) is 9.36 Å². The monoisotopic (exact) mass is 463 g/mol. The molecule has 10 heteroatoms. The van der Waals surface area contributed by atoms with Crippen LogP contribution in [-0.2, 0) is 13.7 Å². The Labute approximate surface area is 196 Å². The van der Waals surface area contributed by atoms with Crippen LogP contribution in [-0.4, -0.2) is 46.1 Å². The molecule has 0 unspecified atom stereocenters. The maximum Gasteiger partial charge on any atom is 0.368 e. The summed E-state index contributed by atoms with van der Waals surface area (Å²) in [7, 11) is 6.25. The highest BCUT2D eigenvalue weighted by Crippen LogP contribution is 2.39. The maximum atomic E-state index is 12.4. The number of aryl methyl sites for hydroxylation is 2. The standard InChI is InChI=1S/C24H25N5O5/c1-15-7-6-8-20(29-24(30)28(2)26-27-29)19(15)14-34-16-9-11-21(31-3)18(13-16)17-10-12-22(32-4)25-23(17)33-5/h6-13H,14H2,1-5H3. The molecule has 0 radical (unpaired) electrons. The summed E-state index contributed by atoms with van der Waals surface area (Å²) in [5, 5.41) is 7.78. The van der Waals surface area contributed by atoms with Crippen LogP contribution in [0.15, 0.2) is 53.3 Å². The van der Waals surface area contributed by atoms with Crippen LogP contribution in [0.4, 0.5) is 0 Å². The Hall–Kier alpha value is -4.34. The molecule has 0 spiro atoms. The lowest BCUT2D eigenvalue weighted by atomic mass is 10.1. The minimum Gasteiger partial charge on any atom is -0.496 e. The van der Waals surface area contributed by atoms with Crippen molar-refractivity contribution in [3.05, 3.63) is 70.1 Å². The first-order chi connectivity index (χ1) is 16.5. The third-order valence-electron chi connectivity index (χ3n) is 5.42. The molecule has 0 bridgehead atoms. The molecule has 0 aliphatic carbocycles. The van der Waals surface area contributed by atoms with Gasteiger partial charge in [0.05, 0.1) is 27.0 Å². The SMILES string of the molecule is COc1ccc(-c2cc(OCc3c(C)cccc3-n3nnn(C)c3=O)ccc2OC)c(OC)n1. The van der Waals surface area contributed by atoms with Crippen LogP contribution in [0.3, 0.4) is 0 Å². The summed E-state index contributed by atoms with van der Waals surface area (Å²) in [4.78, 5) is 16.8. The van der Waals surface area contributed by atoms with E-state index in [0.717, 1.165) is 22.3 Å². The van der Waals surface area contributed by atoms with Gasteiger partial charge in [0.15, 0.2) is 0 Å². The summed E-state index contributed by atoms with van der Waals surface area (Å²) < 4.78 is 24.8. The first-order valence-electron chi connectivity index (χ1n) is 10.4. The highest BCUT2D eigenvalue weighted by Gasteiger charge is 2.17. The quantitative estimate of drug-likeness (QED) is 0.393. The van der Waals surface area contributed by atoms with Gasteiger partial charge in [0.2, 0.25) is 11.8 Å². The molecule has 176 valence electrons. The molecule has 0 aliphatic rings. The molecule has 0 atom stereocenters. The number of tetrazole rings is 1. The average molecular weight is 463 g/mol. The molecule has 0 N–H and O–H groups in total. The Kier molecular flexibility index (Phi) is 6.48. The maximum absolute atomic E-state index is 12.4. The summed E-state index contributed by atoms with van der Waals surface area (Å²) in [5.74, 6) is 2.09. The van der Waals surface area contributed by atoms with Crippen LogP contribution in [0.2, 0.25) is 0 Å². The van der Waals surface area contributed by atoms with Crippen molar-refractivity contribution in [2.24, 2.45) is 7.05 Å². The van der Waals surface area contributed by atoms with Gasteiger partial charge < -0.3 is 18.9 Å². The number of ether oxygens (including phenoxy) is 4. The highest BCUT2D eigenvalue weighted by atomic mass is 16.5. The van der Waals surface area contributed by atoms with Crippen molar-refractivity contribution in [1.29, 1.82) is 0 Å². The first kappa shape index (κ1) is 22.8. The van der Waals surface area contributed by atoms with E-state index in [9.17, 15) is 4.79 Å². The van der Waals surface area contributed by atoms with E-state index in [2.05, 4.69) is 15.4 Å². The van der Waals surface area contributed by atoms with E-state index in [0.29, 0.717) is 28.9 Å². The van der Waals surface area contributed by atoms with Gasteiger partial charge in [-0.15, -0.1) is 0 Å². The van der Waals surface area contributed by atoms with Crippen molar-refractivity contribution in [3.63, 3.8) is 0 Å². The topological polar surface area (TPSA) is 103 Å². The van der Waals surface area contributed by atoms with Crippen molar-refractivity contribution in [3.8, 4) is 40.1 Å². The second-order valence-electron chi connectivity index (χ2n) is 7.43. The normalized spacial score (nSPS) is 10.7. The van der Waals surface area contributed by atoms with Gasteiger partial charge in [-0.3, -0.25) is 0 Å². The largest absolute Gasteiger partial charge is 0.496 e. The molecule has 0 saturated heterocycles. The van der Waals surface area contributed by atoms with Crippen LogP contribution in [0.25, 0.3) is 16.8 Å². The second-order valence-corrected chi connectivity index (χ2v) is 7.43. The number of rotatable bonds is 8. The van der Waals surface area contributed by atoms with Crippen molar-refractivity contribution >= 4 is 0 Å². The van der Waals surface area contributed by atoms with Gasteiger partial charge in [-0.25, -0.2) is 4.79 Å².